The summed E-state index contributed by atoms with van der Waals surface area (Å²) >= 11 is 3.94. The molecular formula is C44H71N13O13S. The molecule has 10 atom stereocenters. The minimum Gasteiger partial charge on any atom is -0.508 e. The highest BCUT2D eigenvalue weighted by molar-refractivity contribution is 7.80. The maximum Gasteiger partial charge on any atom is 0.243 e. The Labute approximate surface area is 416 Å². The number of benzene rings is 1. The number of carbonyl (C=O) groups excluding carboxylic acids is 12. The van der Waals surface area contributed by atoms with Crippen LogP contribution in [-0.4, -0.2) is 143 Å². The highest BCUT2D eigenvalue weighted by Crippen LogP contribution is 2.14. The molecule has 12 amide bonds. The van der Waals surface area contributed by atoms with E-state index in [-0.39, 0.29) is 30.3 Å². The molecule has 0 fully saturated rings. The highest BCUT2D eigenvalue weighted by Gasteiger charge is 2.35. The summed E-state index contributed by atoms with van der Waals surface area (Å²) in [6, 6.07) is -6.18. The van der Waals surface area contributed by atoms with Crippen LogP contribution in [0.2, 0.25) is 0 Å². The van der Waals surface area contributed by atoms with E-state index in [1.807, 2.05) is 0 Å². The van der Waals surface area contributed by atoms with Gasteiger partial charge in [-0.25, -0.2) is 0 Å². The van der Waals surface area contributed by atoms with E-state index in [9.17, 15) is 62.6 Å². The van der Waals surface area contributed by atoms with E-state index in [1.165, 1.54) is 45.0 Å². The maximum atomic E-state index is 14.0. The van der Waals surface area contributed by atoms with Crippen LogP contribution < -0.4 is 70.8 Å². The van der Waals surface area contributed by atoms with E-state index in [4.69, 9.17) is 22.9 Å². The SMILES string of the molecule is CC[C@H](C)[C@H](NC(=O)[C@H](Cc1ccc(O)cc1)NC(=O)[C@H](C)N)C(=O)N[C@@H](CCC(N)=O)C(=O)N[C@@H](CC(N)=O)C(=O)N[C@@H](C)C(=O)N[C@@H](C)C(=O)N[C@@H](CC(C)C)C(=O)NCC(=O)N[C@@H](CS)C(N)=O. The fourth-order valence-electron chi connectivity index (χ4n) is 6.36. The Kier molecular flexibility index (Phi) is 26.7. The molecule has 26 nitrogen and oxygen atoms in total. The van der Waals surface area contributed by atoms with E-state index >= 15 is 0 Å². The summed E-state index contributed by atoms with van der Waals surface area (Å²) in [6.07, 6.45) is -1.34. The molecule has 0 aliphatic carbocycles. The van der Waals surface area contributed by atoms with Crippen molar-refractivity contribution in [3.8, 4) is 5.75 Å². The van der Waals surface area contributed by atoms with E-state index < -0.39 is 157 Å². The number of thiol groups is 1. The van der Waals surface area contributed by atoms with Crippen LogP contribution in [0.4, 0.5) is 0 Å². The van der Waals surface area contributed by atoms with E-state index in [1.54, 1.807) is 27.7 Å². The van der Waals surface area contributed by atoms with Gasteiger partial charge in [0.1, 0.15) is 54.1 Å². The lowest BCUT2D eigenvalue weighted by atomic mass is 9.96. The Bertz CT molecular complexity index is 2080. The lowest BCUT2D eigenvalue weighted by molar-refractivity contribution is -0.137. The van der Waals surface area contributed by atoms with Crippen LogP contribution in [0, 0.1) is 11.8 Å². The Morgan fingerprint density at radius 1 is 0.577 bits per heavy atom. The first kappa shape index (κ1) is 62.0. The second kappa shape index (κ2) is 30.5. The van der Waals surface area contributed by atoms with Gasteiger partial charge in [-0.2, -0.15) is 12.6 Å². The van der Waals surface area contributed by atoms with Crippen molar-refractivity contribution >= 4 is 83.5 Å². The van der Waals surface area contributed by atoms with Gasteiger partial charge in [-0.15, -0.1) is 0 Å². The molecule has 0 radical (unpaired) electrons. The molecule has 18 N–H and O–H groups in total. The van der Waals surface area contributed by atoms with Gasteiger partial charge < -0.3 is 75.9 Å². The third kappa shape index (κ3) is 23.0. The molecule has 1 aromatic rings. The summed E-state index contributed by atoms with van der Waals surface area (Å²) in [7, 11) is 0. The molecule has 1 aromatic carbocycles. The summed E-state index contributed by atoms with van der Waals surface area (Å²) in [5.41, 5.74) is 22.2. The van der Waals surface area contributed by atoms with Crippen molar-refractivity contribution in [1.29, 1.82) is 0 Å². The molecule has 0 saturated carbocycles. The van der Waals surface area contributed by atoms with Gasteiger partial charge in [0.15, 0.2) is 0 Å². The fourth-order valence-corrected chi connectivity index (χ4v) is 6.63. The van der Waals surface area contributed by atoms with Gasteiger partial charge >= 0.3 is 0 Å². The predicted molar refractivity (Wildman–Crippen MR) is 259 cm³/mol. The molecule has 0 aromatic heterocycles. The smallest absolute Gasteiger partial charge is 0.243 e. The number of nitrogens with two attached hydrogens (primary N) is 4. The first-order valence-electron chi connectivity index (χ1n) is 22.8. The van der Waals surface area contributed by atoms with Crippen LogP contribution >= 0.6 is 12.6 Å². The Hall–Kier alpha value is -7.03. The van der Waals surface area contributed by atoms with Crippen molar-refractivity contribution in [3.05, 3.63) is 29.8 Å². The average molecular weight is 1020 g/mol. The van der Waals surface area contributed by atoms with Crippen molar-refractivity contribution < 1.29 is 62.6 Å². The molecule has 396 valence electrons. The van der Waals surface area contributed by atoms with Crippen LogP contribution in [0.5, 0.6) is 5.75 Å². The normalized spacial score (nSPS) is 15.2. The minimum absolute atomic E-state index is 0.0417. The molecule has 0 bridgehead atoms. The summed E-state index contributed by atoms with van der Waals surface area (Å²) in [4.78, 5) is 155. The number of hydrogen-bond donors (Lipinski definition) is 15. The van der Waals surface area contributed by atoms with Gasteiger partial charge in [-0.05, 0) is 63.1 Å². The van der Waals surface area contributed by atoms with E-state index in [0.29, 0.717) is 12.0 Å². The molecule has 71 heavy (non-hydrogen) atoms. The first-order valence-corrected chi connectivity index (χ1v) is 23.4. The Balaban J connectivity index is 3.21. The standard InChI is InChI=1S/C44H71N13O13S/c1-8-21(4)35(57-43(69)29(54-37(63)22(5)45)16-25-9-11-26(58)12-10-25)44(70)53-27(13-14-32(46)59)41(67)56-30(17-33(47)60)42(68)51-23(6)38(64)50-24(7)39(65)55-28(15-20(2)3)40(66)49-18-34(61)52-31(19-71)36(48)62/h9-12,20-24,27-31,35,58,71H,8,13-19,45H2,1-7H3,(H2,46,59)(H2,47,60)(H2,48,62)(H,49,66)(H,50,64)(H,51,68)(H,52,61)(H,53,70)(H,54,63)(H,55,65)(H,56,67)(H,57,69)/t21-,22-,23-,24-,27-,28-,29-,30-,31-,35-/m0/s1. The number of aromatic hydroxyl groups is 1. The lowest BCUT2D eigenvalue weighted by Crippen LogP contribution is -2.61. The number of amides is 12. The monoisotopic (exact) mass is 1020 g/mol. The molecule has 0 aliphatic rings. The van der Waals surface area contributed by atoms with Crippen molar-refractivity contribution in [2.75, 3.05) is 12.3 Å². The van der Waals surface area contributed by atoms with E-state index in [0.717, 1.165) is 0 Å². The zero-order chi connectivity index (χ0) is 54.3. The number of rotatable bonds is 31. The van der Waals surface area contributed by atoms with Crippen molar-refractivity contribution in [2.45, 2.75) is 141 Å². The Morgan fingerprint density at radius 3 is 1.59 bits per heavy atom. The number of phenols is 1. The third-order valence-corrected chi connectivity index (χ3v) is 11.1. The predicted octanol–water partition coefficient (Wildman–Crippen LogP) is -5.04. The molecule has 0 heterocycles. The Morgan fingerprint density at radius 2 is 1.08 bits per heavy atom. The second-order valence-corrected chi connectivity index (χ2v) is 17.8. The van der Waals surface area contributed by atoms with Gasteiger partial charge in [0.2, 0.25) is 70.9 Å². The number of phenolic OH excluding ortho intramolecular Hbond substituents is 1. The zero-order valence-electron chi connectivity index (χ0n) is 40.9. The summed E-state index contributed by atoms with van der Waals surface area (Å²) in [5.74, 6) is -11.5. The van der Waals surface area contributed by atoms with Gasteiger partial charge in [-0.3, -0.25) is 57.5 Å². The summed E-state index contributed by atoms with van der Waals surface area (Å²) in [5, 5.41) is 31.5. The minimum atomic E-state index is -1.76. The number of carbonyl (C=O) groups is 12. The van der Waals surface area contributed by atoms with Gasteiger partial charge in [0.05, 0.1) is 19.0 Å². The second-order valence-electron chi connectivity index (χ2n) is 17.5. The highest BCUT2D eigenvalue weighted by atomic mass is 32.1. The lowest BCUT2D eigenvalue weighted by Gasteiger charge is -2.29. The molecule has 1 rings (SSSR count). The number of primary amides is 3. The molecule has 0 unspecified atom stereocenters. The third-order valence-electron chi connectivity index (χ3n) is 10.7. The largest absolute Gasteiger partial charge is 0.508 e. The van der Waals surface area contributed by atoms with Gasteiger partial charge in [0, 0.05) is 18.6 Å². The fraction of sp³-hybridized carbons (Fsp3) is 0.591. The quantitative estimate of drug-likeness (QED) is 0.0310. The van der Waals surface area contributed by atoms with Gasteiger partial charge in [0.25, 0.3) is 0 Å². The maximum absolute atomic E-state index is 14.0. The summed E-state index contributed by atoms with van der Waals surface area (Å²) in [6.45, 7) is 10.2. The van der Waals surface area contributed by atoms with Crippen LogP contribution in [0.1, 0.15) is 86.1 Å². The molecule has 27 heteroatoms. The number of hydrogen-bond acceptors (Lipinski definition) is 15. The van der Waals surface area contributed by atoms with Gasteiger partial charge in [-0.1, -0.05) is 46.2 Å². The summed E-state index contributed by atoms with van der Waals surface area (Å²) < 4.78 is 0. The van der Waals surface area contributed by atoms with E-state index in [2.05, 4.69) is 60.5 Å². The van der Waals surface area contributed by atoms with Crippen molar-refractivity contribution in [3.63, 3.8) is 0 Å². The number of nitrogens with one attached hydrogen (secondary N) is 9. The zero-order valence-corrected chi connectivity index (χ0v) is 41.8. The van der Waals surface area contributed by atoms with Crippen molar-refractivity contribution in [1.82, 2.24) is 47.9 Å². The van der Waals surface area contributed by atoms with Crippen LogP contribution in [0.3, 0.4) is 0 Å². The molecule has 0 spiro atoms. The molecular weight excluding hydrogens is 951 g/mol. The van der Waals surface area contributed by atoms with Crippen molar-refractivity contribution in [2.24, 2.45) is 34.8 Å². The molecule has 0 aliphatic heterocycles. The average Bonchev–Trinajstić information content (AvgIpc) is 3.29. The molecule has 0 saturated heterocycles. The first-order chi connectivity index (χ1) is 33.1. The van der Waals surface area contributed by atoms with Crippen LogP contribution in [-0.2, 0) is 64.0 Å². The van der Waals surface area contributed by atoms with Crippen LogP contribution in [0.25, 0.3) is 0 Å². The topological polar surface area (TPSA) is 437 Å². The van der Waals surface area contributed by atoms with Crippen LogP contribution in [0.15, 0.2) is 24.3 Å².